The molecule has 152 valence electrons. The van der Waals surface area contributed by atoms with E-state index in [1.165, 1.54) is 16.4 Å². The molecule has 1 aliphatic rings. The van der Waals surface area contributed by atoms with Gasteiger partial charge in [0, 0.05) is 36.9 Å². The fourth-order valence-electron chi connectivity index (χ4n) is 3.28. The molecule has 1 aliphatic heterocycles. The first-order chi connectivity index (χ1) is 14.0. The summed E-state index contributed by atoms with van der Waals surface area (Å²) in [5, 5.41) is 9.44. The monoisotopic (exact) mass is 432 g/mol. The molecule has 1 amide bonds. The number of nitrogens with two attached hydrogens (primary N) is 1. The summed E-state index contributed by atoms with van der Waals surface area (Å²) in [6, 6.07) is 9.57. The number of nitrogen functional groups attached to an aromatic ring is 1. The minimum atomic E-state index is 0.0600. The molecular formula is C19H21ClN6O2S. The normalized spacial score (nSPS) is 14.4. The van der Waals surface area contributed by atoms with E-state index in [1.807, 2.05) is 36.1 Å². The molecule has 0 bridgehead atoms. The van der Waals surface area contributed by atoms with Crippen molar-refractivity contribution in [2.75, 3.05) is 42.7 Å². The van der Waals surface area contributed by atoms with Crippen molar-refractivity contribution in [3.63, 3.8) is 0 Å². The SMILES string of the molecule is Cc1occc1-c1nnc(SCC(=O)N2CCN(c3cccc(Cl)c3)CC2)n1N. The molecule has 29 heavy (non-hydrogen) atoms. The molecule has 0 spiro atoms. The van der Waals surface area contributed by atoms with E-state index in [2.05, 4.69) is 15.1 Å². The van der Waals surface area contributed by atoms with Crippen LogP contribution in [0.3, 0.4) is 0 Å². The van der Waals surface area contributed by atoms with E-state index in [4.69, 9.17) is 21.9 Å². The third-order valence-corrected chi connectivity index (χ3v) is 6.06. The average molecular weight is 433 g/mol. The van der Waals surface area contributed by atoms with Crippen LogP contribution in [-0.4, -0.2) is 57.6 Å². The van der Waals surface area contributed by atoms with Gasteiger partial charge in [0.2, 0.25) is 11.1 Å². The Labute approximate surface area is 177 Å². The van der Waals surface area contributed by atoms with E-state index in [1.54, 1.807) is 12.3 Å². The van der Waals surface area contributed by atoms with Crippen molar-refractivity contribution in [3.8, 4) is 11.4 Å². The van der Waals surface area contributed by atoms with Crippen LogP contribution in [0.1, 0.15) is 5.76 Å². The number of anilines is 1. The van der Waals surface area contributed by atoms with Gasteiger partial charge in [-0.05, 0) is 31.2 Å². The Bertz CT molecular complexity index is 1010. The van der Waals surface area contributed by atoms with Crippen LogP contribution in [0.4, 0.5) is 5.69 Å². The van der Waals surface area contributed by atoms with Crippen LogP contribution in [0.25, 0.3) is 11.4 Å². The van der Waals surface area contributed by atoms with Gasteiger partial charge >= 0.3 is 0 Å². The smallest absolute Gasteiger partial charge is 0.233 e. The number of carbonyl (C=O) groups excluding carboxylic acids is 1. The lowest BCUT2D eigenvalue weighted by Gasteiger charge is -2.36. The molecule has 1 aromatic carbocycles. The van der Waals surface area contributed by atoms with Gasteiger partial charge in [0.15, 0.2) is 5.82 Å². The quantitative estimate of drug-likeness (QED) is 0.489. The maximum absolute atomic E-state index is 12.6. The highest BCUT2D eigenvalue weighted by Gasteiger charge is 2.23. The lowest BCUT2D eigenvalue weighted by Crippen LogP contribution is -2.49. The summed E-state index contributed by atoms with van der Waals surface area (Å²) in [7, 11) is 0. The Hall–Kier alpha value is -2.65. The molecule has 0 atom stereocenters. The lowest BCUT2D eigenvalue weighted by atomic mass is 10.2. The average Bonchev–Trinajstić information content (AvgIpc) is 3.31. The first kappa shape index (κ1) is 19.7. The van der Waals surface area contributed by atoms with E-state index >= 15 is 0 Å². The maximum atomic E-state index is 12.6. The van der Waals surface area contributed by atoms with E-state index in [0.29, 0.717) is 34.9 Å². The van der Waals surface area contributed by atoms with Crippen molar-refractivity contribution >= 4 is 35.0 Å². The number of thioether (sulfide) groups is 1. The predicted molar refractivity (Wildman–Crippen MR) is 114 cm³/mol. The molecule has 0 radical (unpaired) electrons. The van der Waals surface area contributed by atoms with Gasteiger partial charge in [0.25, 0.3) is 0 Å². The van der Waals surface area contributed by atoms with Crippen molar-refractivity contribution < 1.29 is 9.21 Å². The lowest BCUT2D eigenvalue weighted by molar-refractivity contribution is -0.128. The molecule has 2 N–H and O–H groups in total. The first-order valence-corrected chi connectivity index (χ1v) is 10.6. The van der Waals surface area contributed by atoms with Gasteiger partial charge in [-0.1, -0.05) is 29.4 Å². The van der Waals surface area contributed by atoms with Gasteiger partial charge in [-0.25, -0.2) is 4.68 Å². The van der Waals surface area contributed by atoms with Crippen LogP contribution in [0, 0.1) is 6.92 Å². The zero-order valence-electron chi connectivity index (χ0n) is 15.9. The molecule has 2 aromatic heterocycles. The second-order valence-corrected chi connectivity index (χ2v) is 8.08. The fraction of sp³-hybridized carbons (Fsp3) is 0.316. The summed E-state index contributed by atoms with van der Waals surface area (Å²) in [6.45, 7) is 4.71. The van der Waals surface area contributed by atoms with E-state index in [9.17, 15) is 4.79 Å². The molecule has 0 unspecified atom stereocenters. The van der Waals surface area contributed by atoms with Gasteiger partial charge < -0.3 is 20.1 Å². The number of aromatic nitrogens is 3. The number of rotatable bonds is 5. The van der Waals surface area contributed by atoms with E-state index < -0.39 is 0 Å². The highest BCUT2D eigenvalue weighted by molar-refractivity contribution is 7.99. The van der Waals surface area contributed by atoms with E-state index in [0.717, 1.165) is 24.3 Å². The number of piperazine rings is 1. The molecule has 10 heteroatoms. The zero-order chi connectivity index (χ0) is 20.4. The number of amides is 1. The van der Waals surface area contributed by atoms with Crippen LogP contribution in [-0.2, 0) is 4.79 Å². The summed E-state index contributed by atoms with van der Waals surface area (Å²) in [5.74, 6) is 7.66. The Morgan fingerprint density at radius 2 is 2.03 bits per heavy atom. The van der Waals surface area contributed by atoms with Crippen molar-refractivity contribution in [1.29, 1.82) is 0 Å². The van der Waals surface area contributed by atoms with Gasteiger partial charge in [-0.3, -0.25) is 4.79 Å². The predicted octanol–water partition coefficient (Wildman–Crippen LogP) is 2.65. The molecule has 4 rings (SSSR count). The topological polar surface area (TPSA) is 93.4 Å². The van der Waals surface area contributed by atoms with Crippen molar-refractivity contribution in [3.05, 3.63) is 47.4 Å². The first-order valence-electron chi connectivity index (χ1n) is 9.19. The molecule has 8 nitrogen and oxygen atoms in total. The van der Waals surface area contributed by atoms with Crippen molar-refractivity contribution in [2.45, 2.75) is 12.1 Å². The minimum absolute atomic E-state index is 0.0600. The molecule has 3 heterocycles. The molecule has 1 saturated heterocycles. The molecular weight excluding hydrogens is 412 g/mol. The Balaban J connectivity index is 1.32. The fourth-order valence-corrected chi connectivity index (χ4v) is 4.22. The summed E-state index contributed by atoms with van der Waals surface area (Å²) in [6.07, 6.45) is 1.58. The van der Waals surface area contributed by atoms with Crippen LogP contribution < -0.4 is 10.7 Å². The number of carbonyl (C=O) groups is 1. The molecule has 0 aliphatic carbocycles. The molecule has 1 fully saturated rings. The standard InChI is InChI=1S/C19H21ClN6O2S/c1-13-16(5-10-28-13)18-22-23-19(26(18)21)29-12-17(27)25-8-6-24(7-9-25)15-4-2-3-14(20)11-15/h2-5,10-11H,6-9,12,21H2,1H3. The third kappa shape index (κ3) is 4.20. The number of aryl methyl sites for hydroxylation is 1. The van der Waals surface area contributed by atoms with Crippen LogP contribution in [0.15, 0.2) is 46.2 Å². The Kier molecular flexibility index (Phi) is 5.68. The number of furan rings is 1. The summed E-state index contributed by atoms with van der Waals surface area (Å²) < 4.78 is 6.69. The van der Waals surface area contributed by atoms with Gasteiger partial charge in [-0.15, -0.1) is 10.2 Å². The van der Waals surface area contributed by atoms with Crippen LogP contribution in [0.2, 0.25) is 5.02 Å². The van der Waals surface area contributed by atoms with Crippen molar-refractivity contribution in [1.82, 2.24) is 19.8 Å². The number of nitrogens with zero attached hydrogens (tertiary/aromatic N) is 5. The maximum Gasteiger partial charge on any atom is 0.233 e. The second-order valence-electron chi connectivity index (χ2n) is 6.70. The number of benzene rings is 1. The minimum Gasteiger partial charge on any atom is -0.469 e. The second kappa shape index (κ2) is 8.38. The largest absolute Gasteiger partial charge is 0.469 e. The molecule has 3 aromatic rings. The van der Waals surface area contributed by atoms with E-state index in [-0.39, 0.29) is 11.7 Å². The number of hydrogen-bond donors (Lipinski definition) is 1. The summed E-state index contributed by atoms with van der Waals surface area (Å²) in [4.78, 5) is 16.7. The number of hydrogen-bond acceptors (Lipinski definition) is 7. The van der Waals surface area contributed by atoms with Crippen LogP contribution >= 0.6 is 23.4 Å². The Morgan fingerprint density at radius 1 is 1.24 bits per heavy atom. The van der Waals surface area contributed by atoms with Gasteiger partial charge in [0.05, 0.1) is 17.6 Å². The number of halogens is 1. The highest BCUT2D eigenvalue weighted by Crippen LogP contribution is 2.25. The Morgan fingerprint density at radius 3 is 2.72 bits per heavy atom. The summed E-state index contributed by atoms with van der Waals surface area (Å²) in [5.41, 5.74) is 1.87. The third-order valence-electron chi connectivity index (χ3n) is 4.89. The summed E-state index contributed by atoms with van der Waals surface area (Å²) >= 11 is 7.36. The van der Waals surface area contributed by atoms with Gasteiger partial charge in [0.1, 0.15) is 5.76 Å². The highest BCUT2D eigenvalue weighted by atomic mass is 35.5. The zero-order valence-corrected chi connectivity index (χ0v) is 17.5. The van der Waals surface area contributed by atoms with Gasteiger partial charge in [-0.2, -0.15) is 0 Å². The van der Waals surface area contributed by atoms with Crippen LogP contribution in [0.5, 0.6) is 0 Å². The van der Waals surface area contributed by atoms with Crippen molar-refractivity contribution in [2.24, 2.45) is 0 Å². The molecule has 0 saturated carbocycles.